The molecule has 2 aromatic carbocycles. The predicted octanol–water partition coefficient (Wildman–Crippen LogP) is 7.46. The van der Waals surface area contributed by atoms with E-state index in [-0.39, 0.29) is 23.1 Å². The molecule has 0 bridgehead atoms. The number of amides is 4. The Morgan fingerprint density at radius 3 is 1.36 bits per heavy atom. The number of piperidine rings is 2. The van der Waals surface area contributed by atoms with Crippen LogP contribution >= 0.6 is 0 Å². The Hall–Kier alpha value is -3.20. The first-order chi connectivity index (χ1) is 27.9. The van der Waals surface area contributed by atoms with Crippen LogP contribution in [-0.2, 0) is 71.4 Å². The molecule has 328 valence electrons. The van der Waals surface area contributed by atoms with Gasteiger partial charge in [-0.15, -0.1) is 0 Å². The van der Waals surface area contributed by atoms with Gasteiger partial charge < -0.3 is 20.4 Å². The van der Waals surface area contributed by atoms with Gasteiger partial charge in [0.25, 0.3) is 0 Å². The molecule has 4 amide bonds. The molecule has 2 fully saturated rings. The molecule has 8 rings (SSSR count). The van der Waals surface area contributed by atoms with E-state index in [0.29, 0.717) is 12.3 Å². The number of nitrogens with one attached hydrogen (secondary N) is 4. The van der Waals surface area contributed by atoms with Crippen molar-refractivity contribution in [2.75, 3.05) is 61.4 Å². The fraction of sp³-hybridized carbons (Fsp3) is 0.682. The first-order valence-corrected chi connectivity index (χ1v) is 25.6. The molecular weight excluding hydrogens is 773 g/mol. The first kappa shape index (κ1) is 42.9. The van der Waals surface area contributed by atoms with Gasteiger partial charge in [-0.05, 0) is 211 Å². The zero-order chi connectivity index (χ0) is 40.9. The van der Waals surface area contributed by atoms with Gasteiger partial charge in [-0.25, -0.2) is 35.9 Å². The molecule has 0 saturated carbocycles. The molecule has 0 spiro atoms. The largest absolute Gasteiger partial charge is 0.332 e. The Balaban J connectivity index is 0.000000311. The van der Waals surface area contributed by atoms with Crippen LogP contribution in [-0.4, -0.2) is 89.5 Å². The highest BCUT2D eigenvalue weighted by molar-refractivity contribution is 7.90. The Morgan fingerprint density at radius 2 is 0.966 bits per heavy atom. The van der Waals surface area contributed by atoms with Gasteiger partial charge in [0.1, 0.15) is 0 Å². The van der Waals surface area contributed by atoms with E-state index >= 15 is 0 Å². The minimum absolute atomic E-state index is 0. The number of carbonyl (C=O) groups excluding carboxylic acids is 2. The van der Waals surface area contributed by atoms with Crippen LogP contribution in [0.25, 0.3) is 0 Å². The maximum atomic E-state index is 12.6. The van der Waals surface area contributed by atoms with Crippen molar-refractivity contribution in [3.8, 4) is 0 Å². The number of benzene rings is 2. The minimum atomic E-state index is -3.63. The van der Waals surface area contributed by atoms with E-state index in [9.17, 15) is 26.4 Å². The summed E-state index contributed by atoms with van der Waals surface area (Å²) >= 11 is 0. The fourth-order valence-corrected chi connectivity index (χ4v) is 12.9. The summed E-state index contributed by atoms with van der Waals surface area (Å²) in [5, 5.41) is 5.83. The summed E-state index contributed by atoms with van der Waals surface area (Å²) in [5.74, 6) is 0.771. The van der Waals surface area contributed by atoms with E-state index in [1.165, 1.54) is 44.5 Å². The lowest BCUT2D eigenvalue weighted by Gasteiger charge is -2.30. The van der Waals surface area contributed by atoms with E-state index in [2.05, 4.69) is 55.9 Å². The summed E-state index contributed by atoms with van der Waals surface area (Å²) in [7, 11) is -7.25. The number of nitrogens with zero attached hydrogens (tertiary/aromatic N) is 2. The van der Waals surface area contributed by atoms with E-state index < -0.39 is 32.1 Å². The monoisotopic (exact) mass is 847 g/mol. The van der Waals surface area contributed by atoms with Crippen LogP contribution in [0.15, 0.2) is 12.1 Å². The van der Waals surface area contributed by atoms with E-state index in [1.807, 2.05) is 0 Å². The van der Waals surface area contributed by atoms with Crippen LogP contribution in [0, 0.1) is 11.8 Å². The Kier molecular flexibility index (Phi) is 14.1. The van der Waals surface area contributed by atoms with E-state index in [4.69, 9.17) is 0 Å². The van der Waals surface area contributed by atoms with Crippen LogP contribution < -0.4 is 20.1 Å². The number of hydrogen-bond donors (Lipinski definition) is 4. The van der Waals surface area contributed by atoms with Crippen LogP contribution in [0.3, 0.4) is 0 Å². The third-order valence-electron chi connectivity index (χ3n) is 13.7. The topological polar surface area (TPSA) is 157 Å². The van der Waals surface area contributed by atoms with Crippen molar-refractivity contribution in [3.05, 3.63) is 56.6 Å². The molecule has 0 unspecified atom stereocenters. The third kappa shape index (κ3) is 10.8. The van der Waals surface area contributed by atoms with Crippen LogP contribution in [0.5, 0.6) is 0 Å². The zero-order valence-corrected chi connectivity index (χ0v) is 36.5. The van der Waals surface area contributed by atoms with Gasteiger partial charge in [0.2, 0.25) is 20.0 Å². The predicted molar refractivity (Wildman–Crippen MR) is 240 cm³/mol. The molecule has 12 nitrogen and oxygen atoms in total. The summed E-state index contributed by atoms with van der Waals surface area (Å²) in [5.41, 5.74) is 11.9. The second-order valence-electron chi connectivity index (χ2n) is 17.6. The number of carbonyl (C=O) groups is 2. The van der Waals surface area contributed by atoms with Gasteiger partial charge >= 0.3 is 12.1 Å². The molecule has 2 heterocycles. The standard InChI is InChI=1S/C23H35N3O3S.C21H31N3O3S.4H2/c1-2-26-13-11-17(12-14-26)6-5-15-30(28,29)25-23(27)24-22-20-9-3-7-18(20)16-19-8-4-10-21(19)22;1-2-24-11-9-15(10-12-24)14-28(26,27)23-21(25)22-20-18-7-3-5-16(18)13-17-6-4-8-19(17)20;;;;/h16-17H,2-15H2,1H3,(H2,24,25,27);13,15H,2-12,14H2,1H3,(H2,22,23,25);4*1H. The molecule has 2 aliphatic heterocycles. The highest BCUT2D eigenvalue weighted by Gasteiger charge is 2.29. The summed E-state index contributed by atoms with van der Waals surface area (Å²) in [6.45, 7) is 10.5. The van der Waals surface area contributed by atoms with Crippen molar-refractivity contribution in [1.29, 1.82) is 0 Å². The molecule has 14 heteroatoms. The lowest BCUT2D eigenvalue weighted by atomic mass is 9.92. The number of anilines is 2. The van der Waals surface area contributed by atoms with Crippen LogP contribution in [0.4, 0.5) is 21.0 Å². The number of fused-ring (bicyclic) bond motifs is 4. The van der Waals surface area contributed by atoms with Crippen molar-refractivity contribution in [3.63, 3.8) is 0 Å². The molecule has 0 atom stereocenters. The number of urea groups is 2. The number of hydrogen-bond acceptors (Lipinski definition) is 8. The number of sulfonamides is 2. The van der Waals surface area contributed by atoms with Crippen molar-refractivity contribution >= 4 is 43.5 Å². The summed E-state index contributed by atoms with van der Waals surface area (Å²) in [6.07, 6.45) is 18.0. The molecule has 0 aromatic heterocycles. The lowest BCUT2D eigenvalue weighted by molar-refractivity contribution is 0.186. The Morgan fingerprint density at radius 1 is 0.586 bits per heavy atom. The third-order valence-corrected chi connectivity index (χ3v) is 16.4. The van der Waals surface area contributed by atoms with Gasteiger partial charge in [-0.2, -0.15) is 0 Å². The van der Waals surface area contributed by atoms with E-state index in [0.717, 1.165) is 160 Å². The van der Waals surface area contributed by atoms with Crippen LogP contribution in [0.1, 0.15) is 128 Å². The van der Waals surface area contributed by atoms with Gasteiger partial charge in [0, 0.05) is 17.1 Å². The van der Waals surface area contributed by atoms with Crippen molar-refractivity contribution in [2.45, 2.75) is 129 Å². The molecular formula is C44H74N6O6S2. The Bertz CT molecular complexity index is 2000. The van der Waals surface area contributed by atoms with Crippen LogP contribution in [0.2, 0.25) is 0 Å². The van der Waals surface area contributed by atoms with Gasteiger partial charge in [0.05, 0.1) is 11.5 Å². The quantitative estimate of drug-likeness (QED) is 0.172. The second-order valence-corrected chi connectivity index (χ2v) is 21.2. The van der Waals surface area contributed by atoms with E-state index in [1.54, 1.807) is 0 Å². The van der Waals surface area contributed by atoms with Gasteiger partial charge in [0.15, 0.2) is 0 Å². The summed E-state index contributed by atoms with van der Waals surface area (Å²) in [4.78, 5) is 29.9. The smallest absolute Gasteiger partial charge is 0.307 e. The van der Waals surface area contributed by atoms with Crippen molar-refractivity contribution in [2.24, 2.45) is 11.8 Å². The summed E-state index contributed by atoms with van der Waals surface area (Å²) < 4.78 is 54.5. The minimum Gasteiger partial charge on any atom is -0.307 e. The normalized spacial score (nSPS) is 19.8. The molecule has 2 aromatic rings. The van der Waals surface area contributed by atoms with Gasteiger partial charge in [-0.1, -0.05) is 26.0 Å². The molecule has 58 heavy (non-hydrogen) atoms. The maximum absolute atomic E-state index is 12.6. The van der Waals surface area contributed by atoms with Gasteiger partial charge in [-0.3, -0.25) is 0 Å². The maximum Gasteiger partial charge on any atom is 0.332 e. The SMILES string of the molecule is CCN1CCC(CCCS(=O)(=O)NC(=O)Nc2c3c(cc4c2CCC4)CCC3)CC1.CCN1CCC(CS(=O)(=O)NC(=O)Nc2c3c(cc4c2CCC4)CCC3)CC1.[HH].[HH].[HH].[HH]. The molecule has 0 radical (unpaired) electrons. The number of rotatable bonds is 12. The Labute approximate surface area is 353 Å². The highest BCUT2D eigenvalue weighted by Crippen LogP contribution is 2.40. The molecule has 6 aliphatic rings. The zero-order valence-electron chi connectivity index (χ0n) is 34.9. The first-order valence-electron chi connectivity index (χ1n) is 22.3. The fourth-order valence-electron chi connectivity index (χ4n) is 10.5. The lowest BCUT2D eigenvalue weighted by Crippen LogP contribution is -2.41. The molecule has 2 saturated heterocycles. The highest BCUT2D eigenvalue weighted by atomic mass is 32.2. The second kappa shape index (κ2) is 19.0. The molecule has 4 N–H and O–H groups in total. The summed E-state index contributed by atoms with van der Waals surface area (Å²) in [6, 6.07) is 3.38. The van der Waals surface area contributed by atoms with Crippen molar-refractivity contribution in [1.82, 2.24) is 19.2 Å². The number of aryl methyl sites for hydroxylation is 4. The average Bonchev–Trinajstić information content (AvgIpc) is 4.03. The number of likely N-dealkylation sites (tertiary alicyclic amines) is 2. The molecule has 4 aliphatic carbocycles. The average molecular weight is 847 g/mol. The van der Waals surface area contributed by atoms with Crippen molar-refractivity contribution < 1.29 is 32.1 Å².